The van der Waals surface area contributed by atoms with Gasteiger partial charge >= 0.3 is 6.18 Å². The summed E-state index contributed by atoms with van der Waals surface area (Å²) in [4.78, 5) is 3.49. The van der Waals surface area contributed by atoms with Crippen molar-refractivity contribution in [1.29, 1.82) is 0 Å². The minimum Gasteiger partial charge on any atom is -0.369 e. The fraction of sp³-hybridized carbons (Fsp3) is 0.375. The van der Waals surface area contributed by atoms with Gasteiger partial charge in [-0.05, 0) is 41.6 Å². The summed E-state index contributed by atoms with van der Waals surface area (Å²) in [6, 6.07) is 2.37. The Morgan fingerprint density at radius 3 is 2.57 bits per heavy atom. The number of alkyl halides is 3. The van der Waals surface area contributed by atoms with Crippen LogP contribution >= 0.6 is 22.6 Å². The van der Waals surface area contributed by atoms with Crippen molar-refractivity contribution in [2.75, 3.05) is 11.9 Å². The highest BCUT2D eigenvalue weighted by Gasteiger charge is 2.32. The van der Waals surface area contributed by atoms with Gasteiger partial charge in [-0.2, -0.15) is 13.2 Å². The molecule has 0 fully saturated rings. The van der Waals surface area contributed by atoms with Gasteiger partial charge in [0.15, 0.2) is 0 Å². The van der Waals surface area contributed by atoms with E-state index in [1.54, 1.807) is 6.92 Å². The van der Waals surface area contributed by atoms with Gasteiger partial charge in [0.1, 0.15) is 11.5 Å². The normalized spacial score (nSPS) is 11.5. The van der Waals surface area contributed by atoms with Crippen molar-refractivity contribution in [3.8, 4) is 0 Å². The second kappa shape index (κ2) is 4.33. The van der Waals surface area contributed by atoms with Crippen LogP contribution in [0.2, 0.25) is 0 Å². The molecule has 0 atom stereocenters. The Hall–Kier alpha value is -0.530. The van der Waals surface area contributed by atoms with Crippen LogP contribution in [0.15, 0.2) is 12.1 Å². The van der Waals surface area contributed by atoms with Crippen molar-refractivity contribution in [2.24, 2.45) is 0 Å². The molecule has 0 aliphatic rings. The molecule has 1 aromatic rings. The summed E-state index contributed by atoms with van der Waals surface area (Å²) in [6.45, 7) is 2.35. The Morgan fingerprint density at radius 1 is 1.43 bits per heavy atom. The molecule has 1 heterocycles. The zero-order valence-corrected chi connectivity index (χ0v) is 9.48. The quantitative estimate of drug-likeness (QED) is 0.848. The maximum atomic E-state index is 12.2. The number of rotatable bonds is 2. The Morgan fingerprint density at radius 2 is 2.07 bits per heavy atom. The second-order valence-corrected chi connectivity index (χ2v) is 3.72. The third-order valence-electron chi connectivity index (χ3n) is 1.48. The van der Waals surface area contributed by atoms with E-state index in [9.17, 15) is 13.2 Å². The lowest BCUT2D eigenvalue weighted by Gasteiger charge is -2.09. The van der Waals surface area contributed by atoms with Gasteiger partial charge in [0, 0.05) is 6.54 Å². The molecule has 0 aromatic carbocycles. The van der Waals surface area contributed by atoms with Gasteiger partial charge in [0.05, 0.1) is 3.57 Å². The lowest BCUT2D eigenvalue weighted by molar-refractivity contribution is -0.141. The molecule has 6 heteroatoms. The SMILES string of the molecule is CCNc1nc(C(F)(F)F)ccc1I. The van der Waals surface area contributed by atoms with Crippen molar-refractivity contribution >= 4 is 28.4 Å². The summed E-state index contributed by atoms with van der Waals surface area (Å²) >= 11 is 1.94. The first-order valence-corrected chi connectivity index (χ1v) is 5.00. The fourth-order valence-electron chi connectivity index (χ4n) is 0.891. The molecule has 0 radical (unpaired) electrons. The molecule has 0 amide bonds. The van der Waals surface area contributed by atoms with Gasteiger partial charge in [-0.15, -0.1) is 0 Å². The van der Waals surface area contributed by atoms with E-state index >= 15 is 0 Å². The summed E-state index contributed by atoms with van der Waals surface area (Å²) in [7, 11) is 0. The van der Waals surface area contributed by atoms with Gasteiger partial charge < -0.3 is 5.32 Å². The first-order valence-electron chi connectivity index (χ1n) is 3.92. The van der Waals surface area contributed by atoms with Crippen LogP contribution in [0.4, 0.5) is 19.0 Å². The number of hydrogen-bond acceptors (Lipinski definition) is 2. The molecule has 1 N–H and O–H groups in total. The van der Waals surface area contributed by atoms with E-state index in [1.165, 1.54) is 6.07 Å². The third kappa shape index (κ3) is 2.73. The monoisotopic (exact) mass is 316 g/mol. The predicted molar refractivity (Wildman–Crippen MR) is 56.1 cm³/mol. The molecule has 0 bridgehead atoms. The van der Waals surface area contributed by atoms with Crippen LogP contribution in [0, 0.1) is 3.57 Å². The largest absolute Gasteiger partial charge is 0.433 e. The summed E-state index contributed by atoms with van der Waals surface area (Å²) in [5.74, 6) is 0.280. The van der Waals surface area contributed by atoms with Crippen LogP contribution in [0.25, 0.3) is 0 Å². The van der Waals surface area contributed by atoms with E-state index in [1.807, 2.05) is 22.6 Å². The van der Waals surface area contributed by atoms with Crippen LogP contribution in [0.3, 0.4) is 0 Å². The van der Waals surface area contributed by atoms with E-state index in [0.29, 0.717) is 10.1 Å². The van der Waals surface area contributed by atoms with Crippen molar-refractivity contribution in [2.45, 2.75) is 13.1 Å². The standard InChI is InChI=1S/C8H8F3IN2/c1-2-13-7-5(12)3-4-6(14-7)8(9,10)11/h3-4H,2H2,1H3,(H,13,14). The number of nitrogens with zero attached hydrogens (tertiary/aromatic N) is 1. The molecule has 1 aromatic heterocycles. The predicted octanol–water partition coefficient (Wildman–Crippen LogP) is 3.14. The average Bonchev–Trinajstić information content (AvgIpc) is 2.07. The number of halogens is 4. The molecule has 14 heavy (non-hydrogen) atoms. The number of aromatic nitrogens is 1. The minimum absolute atomic E-state index is 0.280. The fourth-order valence-corrected chi connectivity index (χ4v) is 1.38. The topological polar surface area (TPSA) is 24.9 Å². The number of anilines is 1. The molecule has 0 aliphatic carbocycles. The smallest absolute Gasteiger partial charge is 0.369 e. The summed E-state index contributed by atoms with van der Waals surface area (Å²) in [6.07, 6.45) is -4.38. The maximum absolute atomic E-state index is 12.2. The molecule has 2 nitrogen and oxygen atoms in total. The Kier molecular flexibility index (Phi) is 3.57. The summed E-state index contributed by atoms with van der Waals surface area (Å²) in [5.41, 5.74) is -0.867. The molecule has 0 spiro atoms. The molecule has 0 unspecified atom stereocenters. The Bertz CT molecular complexity index is 325. The molecule has 0 saturated carbocycles. The van der Waals surface area contributed by atoms with E-state index in [4.69, 9.17) is 0 Å². The maximum Gasteiger partial charge on any atom is 0.433 e. The molecular weight excluding hydrogens is 308 g/mol. The van der Waals surface area contributed by atoms with E-state index in [0.717, 1.165) is 6.07 Å². The van der Waals surface area contributed by atoms with Crippen LogP contribution in [0.5, 0.6) is 0 Å². The highest BCUT2D eigenvalue weighted by molar-refractivity contribution is 14.1. The number of hydrogen-bond donors (Lipinski definition) is 1. The first kappa shape index (κ1) is 11.5. The van der Waals surface area contributed by atoms with Gasteiger partial charge in [0.2, 0.25) is 0 Å². The van der Waals surface area contributed by atoms with Gasteiger partial charge in [-0.25, -0.2) is 4.98 Å². The van der Waals surface area contributed by atoms with Gasteiger partial charge in [-0.3, -0.25) is 0 Å². The van der Waals surface area contributed by atoms with Gasteiger partial charge in [-0.1, -0.05) is 0 Å². The zero-order valence-electron chi connectivity index (χ0n) is 7.32. The van der Waals surface area contributed by atoms with Gasteiger partial charge in [0.25, 0.3) is 0 Å². The average molecular weight is 316 g/mol. The van der Waals surface area contributed by atoms with Crippen molar-refractivity contribution in [1.82, 2.24) is 4.98 Å². The highest BCUT2D eigenvalue weighted by atomic mass is 127. The van der Waals surface area contributed by atoms with Crippen LogP contribution in [-0.2, 0) is 6.18 Å². The lowest BCUT2D eigenvalue weighted by atomic mass is 10.3. The lowest BCUT2D eigenvalue weighted by Crippen LogP contribution is -2.11. The Labute approximate surface area is 93.1 Å². The van der Waals surface area contributed by atoms with Crippen molar-refractivity contribution < 1.29 is 13.2 Å². The molecule has 1 rings (SSSR count). The molecule has 0 saturated heterocycles. The number of nitrogens with one attached hydrogen (secondary N) is 1. The summed E-state index contributed by atoms with van der Waals surface area (Å²) < 4.78 is 37.4. The van der Waals surface area contributed by atoms with Crippen LogP contribution in [0.1, 0.15) is 12.6 Å². The van der Waals surface area contributed by atoms with Crippen molar-refractivity contribution in [3.63, 3.8) is 0 Å². The zero-order chi connectivity index (χ0) is 10.8. The summed E-state index contributed by atoms with van der Waals surface area (Å²) in [5, 5.41) is 2.77. The highest BCUT2D eigenvalue weighted by Crippen LogP contribution is 2.29. The third-order valence-corrected chi connectivity index (χ3v) is 2.35. The Balaban J connectivity index is 3.06. The van der Waals surface area contributed by atoms with Crippen molar-refractivity contribution in [3.05, 3.63) is 21.4 Å². The first-order chi connectivity index (χ1) is 6.45. The number of pyridine rings is 1. The molecular formula is C8H8F3IN2. The van der Waals surface area contributed by atoms with E-state index in [-0.39, 0.29) is 5.82 Å². The second-order valence-electron chi connectivity index (χ2n) is 2.56. The van der Waals surface area contributed by atoms with Crippen LogP contribution in [-0.4, -0.2) is 11.5 Å². The minimum atomic E-state index is -4.38. The van der Waals surface area contributed by atoms with Crippen LogP contribution < -0.4 is 5.32 Å². The van der Waals surface area contributed by atoms with E-state index in [2.05, 4.69) is 10.3 Å². The molecule has 0 aliphatic heterocycles. The molecule has 78 valence electrons. The van der Waals surface area contributed by atoms with E-state index < -0.39 is 11.9 Å².